The van der Waals surface area contributed by atoms with Gasteiger partial charge in [0.2, 0.25) is 0 Å². The van der Waals surface area contributed by atoms with E-state index in [1.165, 1.54) is 128 Å². The Morgan fingerprint density at radius 1 is 0.364 bits per heavy atom. The normalized spacial score (nSPS) is 12.3. The molecule has 0 spiro atoms. The smallest absolute Gasteiger partial charge is 0.306 e. The third-order valence-electron chi connectivity index (χ3n) is 10.1. The maximum Gasteiger partial charge on any atom is 0.306 e. The molecule has 1 atom stereocenters. The quantitative estimate of drug-likeness (QED) is 0.0202. The van der Waals surface area contributed by atoms with E-state index in [1.807, 2.05) is 0 Å². The summed E-state index contributed by atoms with van der Waals surface area (Å²) in [6.07, 6.45) is 50.0. The molecule has 0 aromatic rings. The highest BCUT2D eigenvalue weighted by Crippen LogP contribution is 2.15. The number of unbranched alkanes of at least 4 members (excludes halogenated alkanes) is 26. The number of carbonyl (C=O) groups is 3. The molecule has 1 unspecified atom stereocenters. The van der Waals surface area contributed by atoms with Crippen LogP contribution in [0.1, 0.15) is 239 Å². The van der Waals surface area contributed by atoms with Gasteiger partial charge in [-0.3, -0.25) is 14.4 Å². The van der Waals surface area contributed by atoms with Gasteiger partial charge in [0.25, 0.3) is 0 Å². The predicted octanol–water partition coefficient (Wildman–Crippen LogP) is 15.0. The van der Waals surface area contributed by atoms with Crippen LogP contribution in [0.3, 0.4) is 0 Å². The van der Waals surface area contributed by atoms with Crippen molar-refractivity contribution in [2.45, 2.75) is 245 Å². The van der Waals surface area contributed by atoms with Crippen LogP contribution in [0.25, 0.3) is 0 Å². The monoisotopic (exact) mass is 773 g/mol. The van der Waals surface area contributed by atoms with Gasteiger partial charge in [0.15, 0.2) is 6.10 Å². The van der Waals surface area contributed by atoms with Crippen LogP contribution in [0.2, 0.25) is 0 Å². The summed E-state index contributed by atoms with van der Waals surface area (Å²) in [7, 11) is 0. The van der Waals surface area contributed by atoms with Gasteiger partial charge in [0, 0.05) is 19.3 Å². The maximum atomic E-state index is 12.7. The lowest BCUT2D eigenvalue weighted by Gasteiger charge is -2.18. The van der Waals surface area contributed by atoms with Gasteiger partial charge in [-0.2, -0.15) is 0 Å². The third-order valence-corrected chi connectivity index (χ3v) is 10.1. The van der Waals surface area contributed by atoms with E-state index in [1.54, 1.807) is 0 Å². The summed E-state index contributed by atoms with van der Waals surface area (Å²) < 4.78 is 16.6. The minimum atomic E-state index is -0.790. The van der Waals surface area contributed by atoms with E-state index in [0.29, 0.717) is 25.7 Å². The van der Waals surface area contributed by atoms with E-state index in [2.05, 4.69) is 57.2 Å². The standard InChI is InChI=1S/C49H88O6/c1-4-7-10-13-16-19-21-22-23-24-25-26-28-30-33-36-39-42-48(51)54-45-46(44-53-47(50)41-38-35-32-29-18-15-12-9-6-3)55-49(52)43-40-37-34-31-27-20-17-14-11-8-5-2/h14,17,20,27,29,32,46H,4-13,15-16,18-19,21-26,28,30-31,33-45H2,1-3H3/b17-14-,27-20-,32-29-. The van der Waals surface area contributed by atoms with Gasteiger partial charge in [-0.15, -0.1) is 0 Å². The number of hydrogen-bond donors (Lipinski definition) is 0. The molecule has 6 nitrogen and oxygen atoms in total. The fourth-order valence-electron chi connectivity index (χ4n) is 6.54. The molecule has 0 bridgehead atoms. The van der Waals surface area contributed by atoms with Crippen molar-refractivity contribution in [1.82, 2.24) is 0 Å². The average Bonchev–Trinajstić information content (AvgIpc) is 3.18. The SMILES string of the molecule is CCCC/C=C\C=C/CCCCCC(=O)OC(COC(=O)CCC/C=C\CCCCCC)COC(=O)CCCCCCCCCCCCCCCCCCC. The molecule has 0 N–H and O–H groups in total. The predicted molar refractivity (Wildman–Crippen MR) is 233 cm³/mol. The van der Waals surface area contributed by atoms with Crippen LogP contribution < -0.4 is 0 Å². The molecule has 0 saturated heterocycles. The summed E-state index contributed by atoms with van der Waals surface area (Å²) in [6.45, 7) is 6.51. The van der Waals surface area contributed by atoms with Crippen LogP contribution >= 0.6 is 0 Å². The molecular weight excluding hydrogens is 685 g/mol. The second-order valence-electron chi connectivity index (χ2n) is 15.7. The number of hydrogen-bond acceptors (Lipinski definition) is 6. The summed E-state index contributed by atoms with van der Waals surface area (Å²) in [6, 6.07) is 0. The molecule has 6 heteroatoms. The molecule has 0 saturated carbocycles. The first-order valence-electron chi connectivity index (χ1n) is 23.5. The second kappa shape index (κ2) is 44.3. The van der Waals surface area contributed by atoms with Crippen molar-refractivity contribution >= 4 is 17.9 Å². The minimum absolute atomic E-state index is 0.0891. The Balaban J connectivity index is 4.32. The molecule has 0 radical (unpaired) electrons. The van der Waals surface area contributed by atoms with Gasteiger partial charge in [-0.25, -0.2) is 0 Å². The van der Waals surface area contributed by atoms with Crippen molar-refractivity contribution < 1.29 is 28.6 Å². The number of rotatable bonds is 42. The Hall–Kier alpha value is -2.37. The van der Waals surface area contributed by atoms with Gasteiger partial charge in [0.1, 0.15) is 13.2 Å². The maximum absolute atomic E-state index is 12.7. The van der Waals surface area contributed by atoms with Crippen molar-refractivity contribution in [2.75, 3.05) is 13.2 Å². The summed E-state index contributed by atoms with van der Waals surface area (Å²) in [4.78, 5) is 37.6. The molecule has 0 aromatic heterocycles. The zero-order valence-corrected chi connectivity index (χ0v) is 36.4. The van der Waals surface area contributed by atoms with Gasteiger partial charge < -0.3 is 14.2 Å². The summed E-state index contributed by atoms with van der Waals surface area (Å²) >= 11 is 0. The van der Waals surface area contributed by atoms with Crippen molar-refractivity contribution in [2.24, 2.45) is 0 Å². The minimum Gasteiger partial charge on any atom is -0.462 e. The van der Waals surface area contributed by atoms with E-state index in [9.17, 15) is 14.4 Å². The molecular formula is C49H88O6. The number of ether oxygens (including phenoxy) is 3. The fourth-order valence-corrected chi connectivity index (χ4v) is 6.54. The van der Waals surface area contributed by atoms with Crippen LogP contribution in [0, 0.1) is 0 Å². The fraction of sp³-hybridized carbons (Fsp3) is 0.816. The largest absolute Gasteiger partial charge is 0.462 e. The molecule has 0 fully saturated rings. The van der Waals surface area contributed by atoms with Gasteiger partial charge in [-0.1, -0.05) is 198 Å². The Bertz CT molecular complexity index is 938. The van der Waals surface area contributed by atoms with Crippen LogP contribution in [-0.4, -0.2) is 37.2 Å². The Morgan fingerprint density at radius 2 is 0.691 bits per heavy atom. The topological polar surface area (TPSA) is 78.9 Å². The van der Waals surface area contributed by atoms with E-state index in [-0.39, 0.29) is 31.1 Å². The van der Waals surface area contributed by atoms with E-state index >= 15 is 0 Å². The Labute approximate surface area is 340 Å². The molecule has 0 aliphatic carbocycles. The molecule has 0 heterocycles. The van der Waals surface area contributed by atoms with E-state index < -0.39 is 6.10 Å². The van der Waals surface area contributed by atoms with Crippen LogP contribution in [0.5, 0.6) is 0 Å². The number of esters is 3. The van der Waals surface area contributed by atoms with Crippen LogP contribution in [0.15, 0.2) is 36.5 Å². The van der Waals surface area contributed by atoms with Crippen molar-refractivity contribution in [3.05, 3.63) is 36.5 Å². The van der Waals surface area contributed by atoms with Gasteiger partial charge in [0.05, 0.1) is 0 Å². The molecule has 0 aliphatic heterocycles. The lowest BCUT2D eigenvalue weighted by molar-refractivity contribution is -0.167. The zero-order chi connectivity index (χ0) is 40.1. The lowest BCUT2D eigenvalue weighted by atomic mass is 10.0. The van der Waals surface area contributed by atoms with Crippen molar-refractivity contribution in [3.63, 3.8) is 0 Å². The highest BCUT2D eigenvalue weighted by molar-refractivity contribution is 5.71. The highest BCUT2D eigenvalue weighted by Gasteiger charge is 2.19. The second-order valence-corrected chi connectivity index (χ2v) is 15.7. The molecule has 0 aliphatic rings. The van der Waals surface area contributed by atoms with Crippen molar-refractivity contribution in [1.29, 1.82) is 0 Å². The molecule has 55 heavy (non-hydrogen) atoms. The molecule has 0 amide bonds. The van der Waals surface area contributed by atoms with Gasteiger partial charge in [-0.05, 0) is 57.8 Å². The first kappa shape index (κ1) is 52.6. The summed E-state index contributed by atoms with van der Waals surface area (Å²) in [5.74, 6) is -0.952. The number of carbonyl (C=O) groups excluding carboxylic acids is 3. The first-order valence-corrected chi connectivity index (χ1v) is 23.5. The molecule has 0 aromatic carbocycles. The Kier molecular flexibility index (Phi) is 42.4. The van der Waals surface area contributed by atoms with Crippen LogP contribution in [-0.2, 0) is 28.6 Å². The summed E-state index contributed by atoms with van der Waals surface area (Å²) in [5, 5.41) is 0. The molecule has 0 rings (SSSR count). The third kappa shape index (κ3) is 42.6. The highest BCUT2D eigenvalue weighted by atomic mass is 16.6. The van der Waals surface area contributed by atoms with E-state index in [0.717, 1.165) is 64.2 Å². The van der Waals surface area contributed by atoms with E-state index in [4.69, 9.17) is 14.2 Å². The van der Waals surface area contributed by atoms with Crippen LogP contribution in [0.4, 0.5) is 0 Å². The lowest BCUT2D eigenvalue weighted by Crippen LogP contribution is -2.30. The van der Waals surface area contributed by atoms with Gasteiger partial charge >= 0.3 is 17.9 Å². The molecule has 320 valence electrons. The Morgan fingerprint density at radius 3 is 1.16 bits per heavy atom. The average molecular weight is 773 g/mol. The summed E-state index contributed by atoms with van der Waals surface area (Å²) in [5.41, 5.74) is 0. The van der Waals surface area contributed by atoms with Crippen molar-refractivity contribution in [3.8, 4) is 0 Å². The zero-order valence-electron chi connectivity index (χ0n) is 36.4. The number of allylic oxidation sites excluding steroid dienone is 6. The first-order chi connectivity index (χ1) is 27.0.